The molecular formula is C18H27F3N2O. The van der Waals surface area contributed by atoms with Crippen LogP contribution in [-0.4, -0.2) is 30.1 Å². The molecule has 1 unspecified atom stereocenters. The molecule has 0 radical (unpaired) electrons. The van der Waals surface area contributed by atoms with Crippen LogP contribution < -0.4 is 5.73 Å². The van der Waals surface area contributed by atoms with Crippen LogP contribution in [0.3, 0.4) is 0 Å². The van der Waals surface area contributed by atoms with E-state index in [1.807, 2.05) is 13.8 Å². The Labute approximate surface area is 142 Å². The second-order valence-electron chi connectivity index (χ2n) is 6.47. The summed E-state index contributed by atoms with van der Waals surface area (Å²) in [5.74, 6) is 0.147. The van der Waals surface area contributed by atoms with E-state index in [0.717, 1.165) is 11.3 Å². The zero-order valence-electron chi connectivity index (χ0n) is 14.4. The third kappa shape index (κ3) is 7.81. The van der Waals surface area contributed by atoms with Crippen LogP contribution in [0.2, 0.25) is 0 Å². The quantitative estimate of drug-likeness (QED) is 0.736. The Morgan fingerprint density at radius 2 is 1.79 bits per heavy atom. The van der Waals surface area contributed by atoms with Crippen LogP contribution >= 0.6 is 0 Å². The van der Waals surface area contributed by atoms with Gasteiger partial charge in [-0.2, -0.15) is 13.2 Å². The molecule has 0 aliphatic rings. The number of carbonyl (C=O) groups is 1. The largest absolute Gasteiger partial charge is 0.406 e. The molecule has 0 heterocycles. The van der Waals surface area contributed by atoms with Gasteiger partial charge in [-0.3, -0.25) is 4.79 Å². The summed E-state index contributed by atoms with van der Waals surface area (Å²) in [7, 11) is 0. The van der Waals surface area contributed by atoms with Crippen molar-refractivity contribution in [3.8, 4) is 0 Å². The van der Waals surface area contributed by atoms with Crippen molar-refractivity contribution >= 4 is 5.91 Å². The number of benzene rings is 1. The van der Waals surface area contributed by atoms with Crippen LogP contribution in [0, 0.1) is 11.8 Å². The van der Waals surface area contributed by atoms with Gasteiger partial charge in [-0.05, 0) is 36.8 Å². The number of halogens is 3. The molecule has 0 aliphatic carbocycles. The Bertz CT molecular complexity index is 489. The molecule has 0 fully saturated rings. The van der Waals surface area contributed by atoms with Gasteiger partial charge in [0.1, 0.15) is 6.54 Å². The molecule has 1 atom stereocenters. The summed E-state index contributed by atoms with van der Waals surface area (Å²) in [5, 5.41) is 0. The number of nitrogens with zero attached hydrogens (tertiary/aromatic N) is 1. The lowest BCUT2D eigenvalue weighted by atomic mass is 9.88. The third-order valence-electron chi connectivity index (χ3n) is 4.15. The van der Waals surface area contributed by atoms with Gasteiger partial charge in [-0.1, -0.05) is 44.2 Å². The highest BCUT2D eigenvalue weighted by Crippen LogP contribution is 2.23. The van der Waals surface area contributed by atoms with E-state index in [-0.39, 0.29) is 18.9 Å². The summed E-state index contributed by atoms with van der Waals surface area (Å²) >= 11 is 0. The van der Waals surface area contributed by atoms with Gasteiger partial charge in [-0.25, -0.2) is 0 Å². The van der Waals surface area contributed by atoms with Crippen LogP contribution in [0.15, 0.2) is 30.3 Å². The number of rotatable bonds is 9. The first kappa shape index (κ1) is 20.5. The zero-order chi connectivity index (χ0) is 18.2. The standard InChI is InChI=1S/C18H27F3N2O/c1-14(2)16(10-11-22)8-9-17(24)23(13-18(19,20)21)12-15-6-4-3-5-7-15/h3-7,14,16H,8-13,22H2,1-2H3. The third-order valence-corrected chi connectivity index (χ3v) is 4.15. The van der Waals surface area contributed by atoms with Crippen LogP contribution in [0.4, 0.5) is 13.2 Å². The minimum atomic E-state index is -4.40. The number of nitrogens with two attached hydrogens (primary N) is 1. The first-order chi connectivity index (χ1) is 11.2. The van der Waals surface area contributed by atoms with E-state index in [0.29, 0.717) is 24.4 Å². The Morgan fingerprint density at radius 1 is 1.17 bits per heavy atom. The fourth-order valence-electron chi connectivity index (χ4n) is 2.74. The van der Waals surface area contributed by atoms with Gasteiger partial charge in [-0.15, -0.1) is 0 Å². The van der Waals surface area contributed by atoms with Crippen molar-refractivity contribution in [1.29, 1.82) is 0 Å². The predicted molar refractivity (Wildman–Crippen MR) is 89.1 cm³/mol. The minimum absolute atomic E-state index is 0.0254. The summed E-state index contributed by atoms with van der Waals surface area (Å²) in [6.45, 7) is 3.37. The predicted octanol–water partition coefficient (Wildman–Crippen LogP) is 3.98. The minimum Gasteiger partial charge on any atom is -0.330 e. The number of alkyl halides is 3. The van der Waals surface area contributed by atoms with Gasteiger partial charge in [0.25, 0.3) is 0 Å². The van der Waals surface area contributed by atoms with Crippen molar-refractivity contribution in [2.24, 2.45) is 17.6 Å². The van der Waals surface area contributed by atoms with E-state index in [4.69, 9.17) is 5.73 Å². The van der Waals surface area contributed by atoms with E-state index in [1.54, 1.807) is 30.3 Å². The average Bonchev–Trinajstić information content (AvgIpc) is 2.50. The Hall–Kier alpha value is -1.56. The monoisotopic (exact) mass is 344 g/mol. The maximum Gasteiger partial charge on any atom is 0.406 e. The summed E-state index contributed by atoms with van der Waals surface area (Å²) in [4.78, 5) is 13.2. The molecule has 2 N–H and O–H groups in total. The molecular weight excluding hydrogens is 317 g/mol. The van der Waals surface area contributed by atoms with Crippen LogP contribution in [0.5, 0.6) is 0 Å². The van der Waals surface area contributed by atoms with E-state index >= 15 is 0 Å². The summed E-state index contributed by atoms with van der Waals surface area (Å²) in [6, 6.07) is 8.74. The molecule has 6 heteroatoms. The molecule has 1 rings (SSSR count). The van der Waals surface area contributed by atoms with Crippen molar-refractivity contribution in [2.75, 3.05) is 13.1 Å². The molecule has 3 nitrogen and oxygen atoms in total. The van der Waals surface area contributed by atoms with Crippen molar-refractivity contribution in [2.45, 2.75) is 45.8 Å². The van der Waals surface area contributed by atoms with Crippen LogP contribution in [0.25, 0.3) is 0 Å². The first-order valence-electron chi connectivity index (χ1n) is 8.31. The van der Waals surface area contributed by atoms with Gasteiger partial charge in [0.05, 0.1) is 0 Å². The molecule has 0 saturated heterocycles. The lowest BCUT2D eigenvalue weighted by Gasteiger charge is -2.26. The molecule has 0 saturated carbocycles. The maximum absolute atomic E-state index is 12.8. The number of hydrogen-bond donors (Lipinski definition) is 1. The van der Waals surface area contributed by atoms with Crippen molar-refractivity contribution < 1.29 is 18.0 Å². The smallest absolute Gasteiger partial charge is 0.330 e. The molecule has 0 bridgehead atoms. The topological polar surface area (TPSA) is 46.3 Å². The Balaban J connectivity index is 2.72. The van der Waals surface area contributed by atoms with Gasteiger partial charge in [0.2, 0.25) is 5.91 Å². The molecule has 1 aromatic rings. The lowest BCUT2D eigenvalue weighted by Crippen LogP contribution is -2.38. The van der Waals surface area contributed by atoms with Crippen molar-refractivity contribution in [3.63, 3.8) is 0 Å². The highest BCUT2D eigenvalue weighted by atomic mass is 19.4. The number of amides is 1. The van der Waals surface area contributed by atoms with E-state index in [1.165, 1.54) is 0 Å². The van der Waals surface area contributed by atoms with Gasteiger partial charge in [0, 0.05) is 13.0 Å². The molecule has 0 spiro atoms. The fourth-order valence-corrected chi connectivity index (χ4v) is 2.74. The number of carbonyl (C=O) groups excluding carboxylic acids is 1. The molecule has 0 aliphatic heterocycles. The number of hydrogen-bond acceptors (Lipinski definition) is 2. The highest BCUT2D eigenvalue weighted by Gasteiger charge is 2.33. The molecule has 136 valence electrons. The van der Waals surface area contributed by atoms with E-state index < -0.39 is 18.6 Å². The van der Waals surface area contributed by atoms with E-state index in [2.05, 4.69) is 0 Å². The highest BCUT2D eigenvalue weighted by molar-refractivity contribution is 5.76. The Morgan fingerprint density at radius 3 is 2.29 bits per heavy atom. The SMILES string of the molecule is CC(C)C(CCN)CCC(=O)N(Cc1ccccc1)CC(F)(F)F. The second-order valence-corrected chi connectivity index (χ2v) is 6.47. The summed E-state index contributed by atoms with van der Waals surface area (Å²) < 4.78 is 38.4. The van der Waals surface area contributed by atoms with Crippen molar-refractivity contribution in [1.82, 2.24) is 4.90 Å². The van der Waals surface area contributed by atoms with Gasteiger partial charge >= 0.3 is 6.18 Å². The average molecular weight is 344 g/mol. The second kappa shape index (κ2) is 9.67. The molecule has 0 aromatic heterocycles. The van der Waals surface area contributed by atoms with Crippen molar-refractivity contribution in [3.05, 3.63) is 35.9 Å². The lowest BCUT2D eigenvalue weighted by molar-refractivity contribution is -0.162. The fraction of sp³-hybridized carbons (Fsp3) is 0.611. The summed E-state index contributed by atoms with van der Waals surface area (Å²) in [6.07, 6.45) is -2.94. The zero-order valence-corrected chi connectivity index (χ0v) is 14.4. The van der Waals surface area contributed by atoms with Gasteiger partial charge in [0.15, 0.2) is 0 Å². The first-order valence-corrected chi connectivity index (χ1v) is 8.31. The summed E-state index contributed by atoms with van der Waals surface area (Å²) in [5.41, 5.74) is 6.27. The molecule has 1 amide bonds. The van der Waals surface area contributed by atoms with E-state index in [9.17, 15) is 18.0 Å². The molecule has 24 heavy (non-hydrogen) atoms. The molecule has 1 aromatic carbocycles. The van der Waals surface area contributed by atoms with Crippen LogP contribution in [0.1, 0.15) is 38.7 Å². The normalized spacial score (nSPS) is 13.1. The maximum atomic E-state index is 12.8. The van der Waals surface area contributed by atoms with Gasteiger partial charge < -0.3 is 10.6 Å². The Kier molecular flexibility index (Phi) is 8.25. The van der Waals surface area contributed by atoms with Crippen LogP contribution in [-0.2, 0) is 11.3 Å².